The van der Waals surface area contributed by atoms with Gasteiger partial charge in [-0.05, 0) is 46.0 Å². The molecule has 6 atom stereocenters. The Labute approximate surface area is 134 Å². The zero-order valence-electron chi connectivity index (χ0n) is 14.9. The van der Waals surface area contributed by atoms with Crippen LogP contribution in [-0.2, 0) is 14.2 Å². The second-order valence-electron chi connectivity index (χ2n) is 7.49. The molecule has 1 N–H and O–H groups in total. The third-order valence-corrected chi connectivity index (χ3v) is 5.71. The lowest BCUT2D eigenvalue weighted by atomic mass is 9.63. The number of aliphatic hydroxyl groups is 1. The Bertz CT molecular complexity index is 407. The summed E-state index contributed by atoms with van der Waals surface area (Å²) in [6, 6.07) is 0. The van der Waals surface area contributed by atoms with E-state index in [9.17, 15) is 5.11 Å². The van der Waals surface area contributed by atoms with Gasteiger partial charge in [0.1, 0.15) is 0 Å². The minimum atomic E-state index is -0.861. The van der Waals surface area contributed by atoms with E-state index in [1.165, 1.54) is 5.57 Å². The predicted molar refractivity (Wildman–Crippen MR) is 86.8 cm³/mol. The fraction of sp³-hybridized carbons (Fsp3) is 0.889. The highest BCUT2D eigenvalue weighted by atomic mass is 16.6. The van der Waals surface area contributed by atoms with Gasteiger partial charge in [-0.15, -0.1) is 0 Å². The van der Waals surface area contributed by atoms with Crippen molar-refractivity contribution in [3.63, 3.8) is 0 Å². The largest absolute Gasteiger partial charge is 0.389 e. The third kappa shape index (κ3) is 3.25. The zero-order valence-corrected chi connectivity index (χ0v) is 14.9. The van der Waals surface area contributed by atoms with Gasteiger partial charge < -0.3 is 19.3 Å². The molecule has 1 saturated heterocycles. The average molecular weight is 312 g/mol. The molecule has 2 fully saturated rings. The summed E-state index contributed by atoms with van der Waals surface area (Å²) in [5, 5.41) is 11.4. The van der Waals surface area contributed by atoms with Gasteiger partial charge in [-0.25, -0.2) is 0 Å². The van der Waals surface area contributed by atoms with E-state index in [2.05, 4.69) is 26.8 Å². The van der Waals surface area contributed by atoms with Crippen molar-refractivity contribution in [2.75, 3.05) is 20.8 Å². The molecule has 0 aromatic rings. The summed E-state index contributed by atoms with van der Waals surface area (Å²) in [6.07, 6.45) is 4.79. The molecule has 22 heavy (non-hydrogen) atoms. The first-order valence-corrected chi connectivity index (χ1v) is 8.33. The number of allylic oxidation sites excluding steroid dienone is 2. The van der Waals surface area contributed by atoms with Crippen molar-refractivity contribution in [2.45, 2.75) is 70.4 Å². The molecular weight excluding hydrogens is 280 g/mol. The molecule has 0 bridgehead atoms. The molecule has 0 amide bonds. The van der Waals surface area contributed by atoms with Gasteiger partial charge in [-0.1, -0.05) is 18.6 Å². The monoisotopic (exact) mass is 312 g/mol. The second-order valence-corrected chi connectivity index (χ2v) is 7.49. The molecule has 0 radical (unpaired) electrons. The first-order valence-electron chi connectivity index (χ1n) is 8.33. The second kappa shape index (κ2) is 6.60. The Morgan fingerprint density at radius 2 is 2.05 bits per heavy atom. The van der Waals surface area contributed by atoms with E-state index >= 15 is 0 Å². The van der Waals surface area contributed by atoms with Crippen molar-refractivity contribution in [2.24, 2.45) is 11.8 Å². The van der Waals surface area contributed by atoms with Gasteiger partial charge in [-0.3, -0.25) is 0 Å². The lowest BCUT2D eigenvalue weighted by Crippen LogP contribution is -2.60. The number of methoxy groups -OCH3 is 2. The Morgan fingerprint density at radius 3 is 2.50 bits per heavy atom. The molecule has 1 saturated carbocycles. The van der Waals surface area contributed by atoms with Crippen LogP contribution >= 0.6 is 0 Å². The molecule has 1 heterocycles. The third-order valence-electron chi connectivity index (χ3n) is 5.71. The summed E-state index contributed by atoms with van der Waals surface area (Å²) in [6.45, 7) is 8.95. The summed E-state index contributed by atoms with van der Waals surface area (Å²) < 4.78 is 17.2. The van der Waals surface area contributed by atoms with Crippen LogP contribution in [0.3, 0.4) is 0 Å². The van der Waals surface area contributed by atoms with E-state index in [0.717, 1.165) is 25.9 Å². The fourth-order valence-corrected chi connectivity index (χ4v) is 4.00. The molecule has 0 aromatic carbocycles. The summed E-state index contributed by atoms with van der Waals surface area (Å²) in [7, 11) is 3.43. The maximum atomic E-state index is 11.4. The van der Waals surface area contributed by atoms with Crippen molar-refractivity contribution < 1.29 is 19.3 Å². The standard InChI is InChI=1S/C18H32O4/c1-12(2)7-8-13(3)17(4,19)16-15(21-6)14(20-5)9-10-18(16)11-22-18/h7,13-16,19H,8-11H2,1-6H3/t13-,14?,15?,16?,17+,18+/m1/s1. The Morgan fingerprint density at radius 1 is 1.41 bits per heavy atom. The van der Waals surface area contributed by atoms with Crippen LogP contribution in [0.4, 0.5) is 0 Å². The smallest absolute Gasteiger partial charge is 0.0998 e. The first-order chi connectivity index (χ1) is 10.3. The number of hydrogen-bond donors (Lipinski definition) is 1. The van der Waals surface area contributed by atoms with Crippen molar-refractivity contribution in [1.82, 2.24) is 0 Å². The maximum Gasteiger partial charge on any atom is 0.0998 e. The SMILES string of the molecule is COC1CC[C@]2(CO2)C([C@@](C)(O)[C@H](C)CC=C(C)C)C1OC. The lowest BCUT2D eigenvalue weighted by Gasteiger charge is -2.49. The number of rotatable bonds is 6. The molecule has 2 aliphatic rings. The summed E-state index contributed by atoms with van der Waals surface area (Å²) >= 11 is 0. The van der Waals surface area contributed by atoms with Crippen LogP contribution in [0.2, 0.25) is 0 Å². The van der Waals surface area contributed by atoms with Crippen LogP contribution in [0.15, 0.2) is 11.6 Å². The van der Waals surface area contributed by atoms with Gasteiger partial charge in [0.05, 0.1) is 30.0 Å². The van der Waals surface area contributed by atoms with Gasteiger partial charge in [0.2, 0.25) is 0 Å². The van der Waals surface area contributed by atoms with E-state index in [-0.39, 0.29) is 29.6 Å². The molecule has 1 aliphatic carbocycles. The van der Waals surface area contributed by atoms with E-state index in [0.29, 0.717) is 0 Å². The zero-order chi connectivity index (χ0) is 16.5. The van der Waals surface area contributed by atoms with E-state index in [4.69, 9.17) is 14.2 Å². The molecule has 128 valence electrons. The van der Waals surface area contributed by atoms with Crippen LogP contribution in [0, 0.1) is 11.8 Å². The van der Waals surface area contributed by atoms with E-state index < -0.39 is 5.60 Å². The molecule has 4 nitrogen and oxygen atoms in total. The fourth-order valence-electron chi connectivity index (χ4n) is 4.00. The highest BCUT2D eigenvalue weighted by Crippen LogP contribution is 2.53. The van der Waals surface area contributed by atoms with Crippen molar-refractivity contribution in [1.29, 1.82) is 0 Å². The molecule has 1 aliphatic heterocycles. The normalized spacial score (nSPS) is 38.4. The van der Waals surface area contributed by atoms with Crippen molar-refractivity contribution in [3.05, 3.63) is 11.6 Å². The minimum Gasteiger partial charge on any atom is -0.389 e. The van der Waals surface area contributed by atoms with Crippen molar-refractivity contribution in [3.8, 4) is 0 Å². The lowest BCUT2D eigenvalue weighted by molar-refractivity contribution is -0.183. The van der Waals surface area contributed by atoms with Gasteiger partial charge in [-0.2, -0.15) is 0 Å². The summed E-state index contributed by atoms with van der Waals surface area (Å²) in [5.74, 6) is 0.0611. The van der Waals surface area contributed by atoms with Gasteiger partial charge >= 0.3 is 0 Å². The summed E-state index contributed by atoms with van der Waals surface area (Å²) in [5.41, 5.74) is 0.195. The number of epoxide rings is 1. The molecular formula is C18H32O4. The minimum absolute atomic E-state index is 0.0203. The Kier molecular flexibility index (Phi) is 5.38. The molecule has 2 rings (SSSR count). The number of hydrogen-bond acceptors (Lipinski definition) is 4. The first kappa shape index (κ1) is 17.9. The topological polar surface area (TPSA) is 51.2 Å². The van der Waals surface area contributed by atoms with Crippen LogP contribution in [-0.4, -0.2) is 49.3 Å². The number of ether oxygens (including phenoxy) is 3. The van der Waals surface area contributed by atoms with Gasteiger partial charge in [0.25, 0.3) is 0 Å². The molecule has 1 spiro atoms. The van der Waals surface area contributed by atoms with Crippen LogP contribution in [0.5, 0.6) is 0 Å². The van der Waals surface area contributed by atoms with E-state index in [1.807, 2.05) is 6.92 Å². The quantitative estimate of drug-likeness (QED) is 0.605. The molecule has 0 aromatic heterocycles. The van der Waals surface area contributed by atoms with Crippen LogP contribution in [0.1, 0.15) is 47.0 Å². The highest BCUT2D eigenvalue weighted by Gasteiger charge is 2.64. The summed E-state index contributed by atoms with van der Waals surface area (Å²) in [4.78, 5) is 0. The molecule has 3 unspecified atom stereocenters. The van der Waals surface area contributed by atoms with Crippen LogP contribution < -0.4 is 0 Å². The van der Waals surface area contributed by atoms with Gasteiger partial charge in [0.15, 0.2) is 0 Å². The van der Waals surface area contributed by atoms with Gasteiger partial charge in [0, 0.05) is 20.1 Å². The van der Waals surface area contributed by atoms with E-state index in [1.54, 1.807) is 14.2 Å². The molecule has 4 heteroatoms. The predicted octanol–water partition coefficient (Wildman–Crippen LogP) is 2.94. The maximum absolute atomic E-state index is 11.4. The highest BCUT2D eigenvalue weighted by molar-refractivity contribution is 5.14. The van der Waals surface area contributed by atoms with Crippen molar-refractivity contribution >= 4 is 0 Å². The Balaban J connectivity index is 2.25. The average Bonchev–Trinajstić information content (AvgIpc) is 3.23. The van der Waals surface area contributed by atoms with Crippen LogP contribution in [0.25, 0.3) is 0 Å². The Hall–Kier alpha value is -0.420.